The highest BCUT2D eigenvalue weighted by Gasteiger charge is 2.24. The minimum atomic E-state index is -0.0722. The van der Waals surface area contributed by atoms with Gasteiger partial charge in [0, 0.05) is 24.8 Å². The van der Waals surface area contributed by atoms with E-state index in [9.17, 15) is 9.59 Å². The lowest BCUT2D eigenvalue weighted by Gasteiger charge is -2.32. The van der Waals surface area contributed by atoms with E-state index in [0.717, 1.165) is 31.0 Å². The summed E-state index contributed by atoms with van der Waals surface area (Å²) in [6, 6.07) is 9.56. The van der Waals surface area contributed by atoms with Crippen LogP contribution in [0.4, 0.5) is 10.5 Å². The molecule has 0 unspecified atom stereocenters. The summed E-state index contributed by atoms with van der Waals surface area (Å²) in [4.78, 5) is 25.9. The third kappa shape index (κ3) is 6.55. The van der Waals surface area contributed by atoms with E-state index in [4.69, 9.17) is 0 Å². The van der Waals surface area contributed by atoms with Gasteiger partial charge in [0.05, 0.1) is 6.54 Å². The zero-order valence-electron chi connectivity index (χ0n) is 14.4. The maximum atomic E-state index is 12.2. The van der Waals surface area contributed by atoms with Crippen LogP contribution in [0, 0.1) is 5.92 Å². The van der Waals surface area contributed by atoms with Crippen molar-refractivity contribution in [3.05, 3.63) is 30.3 Å². The van der Waals surface area contributed by atoms with Crippen molar-refractivity contribution in [1.82, 2.24) is 15.5 Å². The maximum absolute atomic E-state index is 12.2. The molecule has 1 aromatic carbocycles. The number of para-hydroxylation sites is 1. The molecule has 2 fully saturated rings. The van der Waals surface area contributed by atoms with Gasteiger partial charge in [-0.2, -0.15) is 0 Å². The van der Waals surface area contributed by atoms with Crippen molar-refractivity contribution in [3.8, 4) is 0 Å². The van der Waals surface area contributed by atoms with Crippen molar-refractivity contribution in [2.75, 3.05) is 31.5 Å². The van der Waals surface area contributed by atoms with Crippen molar-refractivity contribution >= 4 is 30.0 Å². The summed E-state index contributed by atoms with van der Waals surface area (Å²) in [6.45, 7) is 2.68. The number of amides is 3. The Balaban J connectivity index is 0.00000225. The Hall–Kier alpha value is -1.79. The molecule has 2 aliphatic rings. The van der Waals surface area contributed by atoms with Gasteiger partial charge in [-0.1, -0.05) is 18.2 Å². The molecule has 0 bridgehead atoms. The fourth-order valence-corrected chi connectivity index (χ4v) is 2.94. The van der Waals surface area contributed by atoms with E-state index < -0.39 is 0 Å². The number of piperidine rings is 1. The predicted octanol–water partition coefficient (Wildman–Crippen LogP) is 2.22. The molecule has 3 rings (SSSR count). The highest BCUT2D eigenvalue weighted by Crippen LogP contribution is 2.27. The predicted molar refractivity (Wildman–Crippen MR) is 101 cm³/mol. The van der Waals surface area contributed by atoms with Crippen LogP contribution in [-0.2, 0) is 4.79 Å². The average molecular weight is 367 g/mol. The van der Waals surface area contributed by atoms with Crippen LogP contribution >= 0.6 is 12.4 Å². The second-order valence-corrected chi connectivity index (χ2v) is 6.70. The SMILES string of the molecule is Cl.O=C(CNCC1CC1)NC1CCN(C(=O)Nc2ccccc2)CC1. The van der Waals surface area contributed by atoms with Crippen molar-refractivity contribution in [2.24, 2.45) is 5.92 Å². The van der Waals surface area contributed by atoms with E-state index in [2.05, 4.69) is 16.0 Å². The van der Waals surface area contributed by atoms with Gasteiger partial charge in [-0.15, -0.1) is 12.4 Å². The van der Waals surface area contributed by atoms with Crippen LogP contribution in [0.1, 0.15) is 25.7 Å². The lowest BCUT2D eigenvalue weighted by Crippen LogP contribution is -2.49. The number of hydrogen-bond acceptors (Lipinski definition) is 3. The van der Waals surface area contributed by atoms with Gasteiger partial charge in [-0.25, -0.2) is 4.79 Å². The Morgan fingerprint density at radius 1 is 1.04 bits per heavy atom. The molecule has 1 aromatic rings. The summed E-state index contributed by atoms with van der Waals surface area (Å²) in [6.07, 6.45) is 4.18. The number of benzene rings is 1. The highest BCUT2D eigenvalue weighted by molar-refractivity contribution is 5.89. The average Bonchev–Trinajstić information content (AvgIpc) is 3.41. The fourth-order valence-electron chi connectivity index (χ4n) is 2.94. The van der Waals surface area contributed by atoms with Gasteiger partial charge in [-0.3, -0.25) is 4.79 Å². The number of carbonyl (C=O) groups excluding carboxylic acids is 2. The van der Waals surface area contributed by atoms with Crippen LogP contribution in [0.25, 0.3) is 0 Å². The van der Waals surface area contributed by atoms with E-state index >= 15 is 0 Å². The van der Waals surface area contributed by atoms with Gasteiger partial charge in [0.1, 0.15) is 0 Å². The lowest BCUT2D eigenvalue weighted by molar-refractivity contribution is -0.121. The van der Waals surface area contributed by atoms with Crippen LogP contribution in [0.15, 0.2) is 30.3 Å². The molecule has 0 aromatic heterocycles. The minimum absolute atomic E-state index is 0. The number of rotatable bonds is 6. The van der Waals surface area contributed by atoms with Crippen LogP contribution in [-0.4, -0.2) is 49.1 Å². The Morgan fingerprint density at radius 2 is 1.72 bits per heavy atom. The maximum Gasteiger partial charge on any atom is 0.321 e. The van der Waals surface area contributed by atoms with Crippen molar-refractivity contribution in [3.63, 3.8) is 0 Å². The smallest absolute Gasteiger partial charge is 0.321 e. The van der Waals surface area contributed by atoms with Gasteiger partial charge in [0.15, 0.2) is 0 Å². The molecule has 1 aliphatic carbocycles. The molecular formula is C18H27ClN4O2. The number of anilines is 1. The van der Waals surface area contributed by atoms with Gasteiger partial charge < -0.3 is 20.9 Å². The van der Waals surface area contributed by atoms with Gasteiger partial charge in [0.25, 0.3) is 0 Å². The third-order valence-electron chi connectivity index (χ3n) is 4.59. The lowest BCUT2D eigenvalue weighted by atomic mass is 10.1. The number of hydrogen-bond donors (Lipinski definition) is 3. The Kier molecular flexibility index (Phi) is 7.52. The van der Waals surface area contributed by atoms with Gasteiger partial charge in [0.2, 0.25) is 5.91 Å². The summed E-state index contributed by atoms with van der Waals surface area (Å²) in [5.74, 6) is 0.840. The van der Waals surface area contributed by atoms with E-state index in [1.165, 1.54) is 12.8 Å². The van der Waals surface area contributed by atoms with Crippen molar-refractivity contribution in [2.45, 2.75) is 31.7 Å². The summed E-state index contributed by atoms with van der Waals surface area (Å²) in [5.41, 5.74) is 0.805. The number of carbonyl (C=O) groups is 2. The van der Waals surface area contributed by atoms with E-state index in [0.29, 0.717) is 19.6 Å². The molecule has 3 N–H and O–H groups in total. The summed E-state index contributed by atoms with van der Waals surface area (Å²) >= 11 is 0. The first-order chi connectivity index (χ1) is 11.7. The number of halogens is 1. The molecule has 1 saturated heterocycles. The highest BCUT2D eigenvalue weighted by atomic mass is 35.5. The molecule has 6 nitrogen and oxygen atoms in total. The largest absolute Gasteiger partial charge is 0.352 e. The summed E-state index contributed by atoms with van der Waals surface area (Å²) < 4.78 is 0. The van der Waals surface area contributed by atoms with Crippen LogP contribution in [0.3, 0.4) is 0 Å². The molecule has 0 atom stereocenters. The quantitative estimate of drug-likeness (QED) is 0.722. The van der Waals surface area contributed by atoms with Crippen LogP contribution in [0.2, 0.25) is 0 Å². The standard InChI is InChI=1S/C18H26N4O2.ClH/c23-17(13-19-12-14-6-7-14)20-16-8-10-22(11-9-16)18(24)21-15-4-2-1-3-5-15;/h1-5,14,16,19H,6-13H2,(H,20,23)(H,21,24);1H. The third-order valence-corrected chi connectivity index (χ3v) is 4.59. The molecule has 7 heteroatoms. The molecule has 1 aliphatic heterocycles. The molecule has 1 saturated carbocycles. The number of likely N-dealkylation sites (tertiary alicyclic amines) is 1. The number of nitrogens with zero attached hydrogens (tertiary/aromatic N) is 1. The molecular weight excluding hydrogens is 340 g/mol. The molecule has 0 spiro atoms. The molecule has 1 heterocycles. The molecule has 25 heavy (non-hydrogen) atoms. The summed E-state index contributed by atoms with van der Waals surface area (Å²) in [5, 5.41) is 9.17. The number of nitrogens with one attached hydrogen (secondary N) is 3. The molecule has 3 amide bonds. The second kappa shape index (κ2) is 9.63. The monoisotopic (exact) mass is 366 g/mol. The molecule has 0 radical (unpaired) electrons. The molecule has 138 valence electrons. The van der Waals surface area contributed by atoms with Gasteiger partial charge in [-0.05, 0) is 50.3 Å². The Bertz CT molecular complexity index is 557. The zero-order chi connectivity index (χ0) is 16.8. The topological polar surface area (TPSA) is 73.5 Å². The Labute approximate surface area is 155 Å². The van der Waals surface area contributed by atoms with E-state index in [1.54, 1.807) is 4.90 Å². The van der Waals surface area contributed by atoms with Crippen molar-refractivity contribution < 1.29 is 9.59 Å². The second-order valence-electron chi connectivity index (χ2n) is 6.70. The first-order valence-corrected chi connectivity index (χ1v) is 8.82. The zero-order valence-corrected chi connectivity index (χ0v) is 15.2. The summed E-state index contributed by atoms with van der Waals surface area (Å²) in [7, 11) is 0. The van der Waals surface area contributed by atoms with Crippen LogP contribution in [0.5, 0.6) is 0 Å². The van der Waals surface area contributed by atoms with Gasteiger partial charge >= 0.3 is 6.03 Å². The van der Waals surface area contributed by atoms with E-state index in [-0.39, 0.29) is 30.4 Å². The fraction of sp³-hybridized carbons (Fsp3) is 0.556. The Morgan fingerprint density at radius 3 is 2.36 bits per heavy atom. The van der Waals surface area contributed by atoms with Crippen LogP contribution < -0.4 is 16.0 Å². The first kappa shape index (κ1) is 19.5. The minimum Gasteiger partial charge on any atom is -0.352 e. The normalized spacial score (nSPS) is 17.5. The number of urea groups is 1. The first-order valence-electron chi connectivity index (χ1n) is 8.82. The van der Waals surface area contributed by atoms with Crippen molar-refractivity contribution in [1.29, 1.82) is 0 Å². The van der Waals surface area contributed by atoms with E-state index in [1.807, 2.05) is 30.3 Å².